The fourth-order valence-electron chi connectivity index (χ4n) is 3.18. The van der Waals surface area contributed by atoms with Gasteiger partial charge in [0.05, 0.1) is 11.8 Å². The van der Waals surface area contributed by atoms with Crippen LogP contribution in [0.2, 0.25) is 0 Å². The van der Waals surface area contributed by atoms with Gasteiger partial charge in [-0.3, -0.25) is 0 Å². The molecule has 26 heavy (non-hydrogen) atoms. The molecular formula is C19H20FN3O3. The minimum absolute atomic E-state index is 0.177. The Kier molecular flexibility index (Phi) is 5.18. The molecule has 0 bridgehead atoms. The van der Waals surface area contributed by atoms with Crippen LogP contribution >= 0.6 is 0 Å². The van der Waals surface area contributed by atoms with Gasteiger partial charge >= 0.3 is 5.97 Å². The molecule has 1 saturated heterocycles. The molecule has 3 rings (SSSR count). The summed E-state index contributed by atoms with van der Waals surface area (Å²) in [5, 5.41) is 19.0. The van der Waals surface area contributed by atoms with Crippen molar-refractivity contribution >= 4 is 17.5 Å². The SMILES string of the molecule is N/C(=N\C1CC(O)CCN1c1c(F)cccc1-c1ccccc1)C(=O)O. The maximum absolute atomic E-state index is 14.8. The number of aliphatic imine (C=N–C) groups is 1. The molecular weight excluding hydrogens is 337 g/mol. The molecule has 1 aliphatic rings. The van der Waals surface area contributed by atoms with Gasteiger partial charge in [0.2, 0.25) is 5.84 Å². The van der Waals surface area contributed by atoms with E-state index >= 15 is 0 Å². The summed E-state index contributed by atoms with van der Waals surface area (Å²) < 4.78 is 14.8. The number of nitrogens with zero attached hydrogens (tertiary/aromatic N) is 2. The van der Waals surface area contributed by atoms with Crippen molar-refractivity contribution in [3.8, 4) is 11.1 Å². The number of amidine groups is 1. The standard InChI is InChI=1S/C19H20FN3O3/c20-15-8-4-7-14(12-5-2-1-3-6-12)17(15)23-10-9-13(24)11-16(23)22-18(21)19(25)26/h1-8,13,16,24H,9-11H2,(H2,21,22)(H,25,26). The Bertz CT molecular complexity index is 826. The number of benzene rings is 2. The summed E-state index contributed by atoms with van der Waals surface area (Å²) in [6.45, 7) is 0.336. The normalized spacial score (nSPS) is 20.8. The van der Waals surface area contributed by atoms with E-state index in [4.69, 9.17) is 10.8 Å². The van der Waals surface area contributed by atoms with E-state index < -0.39 is 29.9 Å². The number of aliphatic hydroxyl groups excluding tert-OH is 1. The quantitative estimate of drug-likeness (QED) is 0.578. The Balaban J connectivity index is 2.08. The van der Waals surface area contributed by atoms with Gasteiger partial charge in [0.25, 0.3) is 0 Å². The van der Waals surface area contributed by atoms with Gasteiger partial charge in [-0.05, 0) is 18.1 Å². The van der Waals surface area contributed by atoms with Gasteiger partial charge in [-0.2, -0.15) is 0 Å². The van der Waals surface area contributed by atoms with Crippen molar-refractivity contribution in [1.29, 1.82) is 0 Å². The predicted molar refractivity (Wildman–Crippen MR) is 97.5 cm³/mol. The van der Waals surface area contributed by atoms with E-state index in [1.54, 1.807) is 17.0 Å². The molecule has 2 unspecified atom stereocenters. The average molecular weight is 357 g/mol. The van der Waals surface area contributed by atoms with Crippen LogP contribution in [0.4, 0.5) is 10.1 Å². The maximum Gasteiger partial charge on any atom is 0.371 e. The monoisotopic (exact) mass is 357 g/mol. The minimum atomic E-state index is -1.35. The zero-order valence-corrected chi connectivity index (χ0v) is 14.0. The van der Waals surface area contributed by atoms with Crippen molar-refractivity contribution in [2.75, 3.05) is 11.4 Å². The Morgan fingerprint density at radius 3 is 2.62 bits per heavy atom. The molecule has 0 amide bonds. The lowest BCUT2D eigenvalue weighted by Gasteiger charge is -2.38. The van der Waals surface area contributed by atoms with Crippen molar-refractivity contribution in [3.63, 3.8) is 0 Å². The summed E-state index contributed by atoms with van der Waals surface area (Å²) in [5.41, 5.74) is 7.31. The highest BCUT2D eigenvalue weighted by Gasteiger charge is 2.31. The highest BCUT2D eigenvalue weighted by atomic mass is 19.1. The van der Waals surface area contributed by atoms with E-state index in [1.807, 2.05) is 30.3 Å². The molecule has 6 nitrogen and oxygen atoms in total. The summed E-state index contributed by atoms with van der Waals surface area (Å²) in [6.07, 6.45) is -0.791. The summed E-state index contributed by atoms with van der Waals surface area (Å²) in [6, 6.07) is 14.1. The number of anilines is 1. The van der Waals surface area contributed by atoms with Crippen LogP contribution in [0.15, 0.2) is 53.5 Å². The van der Waals surface area contributed by atoms with Crippen LogP contribution in [0.5, 0.6) is 0 Å². The molecule has 0 saturated carbocycles. The third-order valence-electron chi connectivity index (χ3n) is 4.41. The fraction of sp³-hybridized carbons (Fsp3) is 0.263. The van der Waals surface area contributed by atoms with Gasteiger partial charge in [0.1, 0.15) is 12.0 Å². The van der Waals surface area contributed by atoms with E-state index in [0.717, 1.165) is 5.56 Å². The zero-order chi connectivity index (χ0) is 18.7. The Labute approximate surface area is 150 Å². The molecule has 2 aromatic rings. The number of hydrogen-bond acceptors (Lipinski definition) is 4. The zero-order valence-electron chi connectivity index (χ0n) is 14.0. The van der Waals surface area contributed by atoms with Crippen LogP contribution < -0.4 is 10.6 Å². The van der Waals surface area contributed by atoms with Crippen LogP contribution in [0.1, 0.15) is 12.8 Å². The lowest BCUT2D eigenvalue weighted by molar-refractivity contribution is -0.129. The first-order chi connectivity index (χ1) is 12.5. The lowest BCUT2D eigenvalue weighted by Crippen LogP contribution is -2.45. The van der Waals surface area contributed by atoms with Crippen molar-refractivity contribution in [2.24, 2.45) is 10.7 Å². The first-order valence-corrected chi connectivity index (χ1v) is 8.32. The number of aliphatic hydroxyl groups is 1. The van der Waals surface area contributed by atoms with E-state index in [9.17, 15) is 14.3 Å². The number of aliphatic carboxylic acids is 1. The van der Waals surface area contributed by atoms with Crippen LogP contribution in [0.25, 0.3) is 11.1 Å². The molecule has 2 aromatic carbocycles. The van der Waals surface area contributed by atoms with Crippen molar-refractivity contribution in [3.05, 3.63) is 54.3 Å². The topological polar surface area (TPSA) is 99.2 Å². The van der Waals surface area contributed by atoms with Gasteiger partial charge in [-0.25, -0.2) is 14.2 Å². The number of para-hydroxylation sites is 1. The molecule has 1 fully saturated rings. The molecule has 7 heteroatoms. The Morgan fingerprint density at radius 1 is 1.19 bits per heavy atom. The van der Waals surface area contributed by atoms with Gasteiger partial charge < -0.3 is 20.8 Å². The van der Waals surface area contributed by atoms with Crippen LogP contribution in [-0.4, -0.2) is 40.8 Å². The molecule has 136 valence electrons. The molecule has 0 aliphatic carbocycles. The smallest absolute Gasteiger partial charge is 0.371 e. The van der Waals surface area contributed by atoms with Gasteiger partial charge in [-0.15, -0.1) is 0 Å². The molecule has 1 heterocycles. The second-order valence-electron chi connectivity index (χ2n) is 6.17. The number of hydrogen-bond donors (Lipinski definition) is 3. The highest BCUT2D eigenvalue weighted by Crippen LogP contribution is 2.37. The van der Waals surface area contributed by atoms with Crippen LogP contribution in [0.3, 0.4) is 0 Å². The number of piperidine rings is 1. The lowest BCUT2D eigenvalue weighted by atomic mass is 9.98. The summed E-state index contributed by atoms with van der Waals surface area (Å²) in [4.78, 5) is 16.7. The molecule has 1 aliphatic heterocycles. The van der Waals surface area contributed by atoms with E-state index in [2.05, 4.69) is 4.99 Å². The van der Waals surface area contributed by atoms with Crippen molar-refractivity contribution in [2.45, 2.75) is 25.1 Å². The summed E-state index contributed by atoms with van der Waals surface area (Å²) in [7, 11) is 0. The fourth-order valence-corrected chi connectivity index (χ4v) is 3.18. The number of halogens is 1. The third-order valence-corrected chi connectivity index (χ3v) is 4.41. The molecule has 4 N–H and O–H groups in total. The molecule has 0 radical (unpaired) electrons. The van der Waals surface area contributed by atoms with Crippen molar-refractivity contribution in [1.82, 2.24) is 0 Å². The number of carboxylic acids is 1. The summed E-state index contributed by atoms with van der Waals surface area (Å²) >= 11 is 0. The van der Waals surface area contributed by atoms with Gasteiger partial charge in [0.15, 0.2) is 0 Å². The van der Waals surface area contributed by atoms with Gasteiger partial charge in [-0.1, -0.05) is 42.5 Å². The maximum atomic E-state index is 14.8. The van der Waals surface area contributed by atoms with Gasteiger partial charge in [0, 0.05) is 18.5 Å². The predicted octanol–water partition coefficient (Wildman–Crippen LogP) is 2.22. The highest BCUT2D eigenvalue weighted by molar-refractivity contribution is 6.33. The number of carbonyl (C=O) groups is 1. The first kappa shape index (κ1) is 17.9. The van der Waals surface area contributed by atoms with Crippen LogP contribution in [0, 0.1) is 5.82 Å². The second-order valence-corrected chi connectivity index (χ2v) is 6.17. The van der Waals surface area contributed by atoms with Crippen LogP contribution in [-0.2, 0) is 4.79 Å². The molecule has 0 spiro atoms. The third kappa shape index (κ3) is 3.67. The minimum Gasteiger partial charge on any atom is -0.475 e. The average Bonchev–Trinajstić information content (AvgIpc) is 2.63. The van der Waals surface area contributed by atoms with E-state index in [0.29, 0.717) is 24.2 Å². The molecule has 0 aromatic heterocycles. The Morgan fingerprint density at radius 2 is 1.92 bits per heavy atom. The molecule has 2 atom stereocenters. The number of nitrogens with two attached hydrogens (primary N) is 1. The largest absolute Gasteiger partial charge is 0.475 e. The number of carboxylic acid groups (broad SMARTS) is 1. The van der Waals surface area contributed by atoms with E-state index in [-0.39, 0.29) is 6.42 Å². The Hall–Kier alpha value is -2.93. The second kappa shape index (κ2) is 7.53. The first-order valence-electron chi connectivity index (χ1n) is 8.32. The number of rotatable bonds is 3. The van der Waals surface area contributed by atoms with E-state index in [1.165, 1.54) is 6.07 Å². The summed E-state index contributed by atoms with van der Waals surface area (Å²) in [5.74, 6) is -2.34. The van der Waals surface area contributed by atoms with Crippen molar-refractivity contribution < 1.29 is 19.4 Å².